The number of aliphatic hydroxyl groups is 1. The van der Waals surface area contributed by atoms with E-state index < -0.39 is 0 Å². The lowest BCUT2D eigenvalue weighted by atomic mass is 9.86. The van der Waals surface area contributed by atoms with E-state index in [9.17, 15) is 4.79 Å². The van der Waals surface area contributed by atoms with Crippen molar-refractivity contribution in [3.05, 3.63) is 16.1 Å². The number of thiazole rings is 1. The van der Waals surface area contributed by atoms with Crippen LogP contribution < -0.4 is 5.32 Å². The van der Waals surface area contributed by atoms with E-state index >= 15 is 0 Å². The molecule has 0 bridgehead atoms. The second kappa shape index (κ2) is 6.29. The first-order chi connectivity index (χ1) is 8.72. The Kier molecular flexibility index (Phi) is 4.72. The summed E-state index contributed by atoms with van der Waals surface area (Å²) in [5.41, 5.74) is 0. The molecule has 1 heterocycles. The first-order valence-electron chi connectivity index (χ1n) is 6.59. The van der Waals surface area contributed by atoms with Gasteiger partial charge in [-0.15, -0.1) is 11.3 Å². The Morgan fingerprint density at radius 3 is 2.78 bits per heavy atom. The summed E-state index contributed by atoms with van der Waals surface area (Å²) in [6, 6.07) is 0.257. The highest BCUT2D eigenvalue weighted by molar-refractivity contribution is 7.13. The smallest absolute Gasteiger partial charge is 0.263 e. The van der Waals surface area contributed by atoms with Gasteiger partial charge in [0.2, 0.25) is 0 Å². The van der Waals surface area contributed by atoms with Crippen molar-refractivity contribution in [2.75, 3.05) is 6.61 Å². The van der Waals surface area contributed by atoms with Crippen molar-refractivity contribution in [2.24, 2.45) is 5.92 Å². The van der Waals surface area contributed by atoms with Crippen molar-refractivity contribution >= 4 is 17.2 Å². The van der Waals surface area contributed by atoms with Crippen molar-refractivity contribution in [3.8, 4) is 0 Å². The van der Waals surface area contributed by atoms with Gasteiger partial charge in [-0.2, -0.15) is 0 Å². The van der Waals surface area contributed by atoms with Crippen LogP contribution in [0.1, 0.15) is 47.3 Å². The van der Waals surface area contributed by atoms with Crippen molar-refractivity contribution < 1.29 is 9.90 Å². The number of aliphatic hydroxyl groups excluding tert-OH is 1. The summed E-state index contributed by atoms with van der Waals surface area (Å²) in [7, 11) is 0. The van der Waals surface area contributed by atoms with E-state index in [2.05, 4.69) is 10.3 Å². The van der Waals surface area contributed by atoms with E-state index in [-0.39, 0.29) is 18.6 Å². The van der Waals surface area contributed by atoms with Gasteiger partial charge in [-0.3, -0.25) is 4.79 Å². The van der Waals surface area contributed by atoms with Crippen molar-refractivity contribution in [1.29, 1.82) is 0 Å². The fraction of sp³-hybridized carbons (Fsp3) is 0.692. The number of rotatable bonds is 4. The Hall–Kier alpha value is -0.940. The predicted octanol–water partition coefficient (Wildman–Crippen LogP) is 1.99. The Balaban J connectivity index is 1.84. The summed E-state index contributed by atoms with van der Waals surface area (Å²) in [6.45, 7) is 2.31. The minimum atomic E-state index is -0.000325. The molecule has 0 atom stereocenters. The van der Waals surface area contributed by atoms with Gasteiger partial charge in [-0.25, -0.2) is 4.98 Å². The quantitative estimate of drug-likeness (QED) is 0.878. The number of amides is 1. The number of hydrogen-bond acceptors (Lipinski definition) is 4. The number of nitrogens with one attached hydrogen (secondary N) is 1. The van der Waals surface area contributed by atoms with Crippen LogP contribution in [0, 0.1) is 5.92 Å². The van der Waals surface area contributed by atoms with Crippen LogP contribution in [-0.2, 0) is 6.42 Å². The average Bonchev–Trinajstić information content (AvgIpc) is 2.88. The lowest BCUT2D eigenvalue weighted by molar-refractivity contribution is 0.0918. The number of aryl methyl sites for hydroxylation is 1. The topological polar surface area (TPSA) is 62.2 Å². The monoisotopic (exact) mass is 268 g/mol. The van der Waals surface area contributed by atoms with Gasteiger partial charge >= 0.3 is 0 Å². The molecule has 1 fully saturated rings. The molecule has 100 valence electrons. The van der Waals surface area contributed by atoms with Gasteiger partial charge in [-0.05, 0) is 38.0 Å². The first-order valence-corrected chi connectivity index (χ1v) is 7.41. The van der Waals surface area contributed by atoms with Gasteiger partial charge in [0.25, 0.3) is 5.91 Å². The van der Waals surface area contributed by atoms with E-state index in [0.717, 1.165) is 37.1 Å². The largest absolute Gasteiger partial charge is 0.396 e. The third-order valence-corrected chi connectivity index (χ3v) is 4.66. The molecule has 0 spiro atoms. The van der Waals surface area contributed by atoms with Gasteiger partial charge in [-0.1, -0.05) is 6.92 Å². The molecule has 1 aliphatic carbocycles. The Morgan fingerprint density at radius 2 is 2.22 bits per heavy atom. The highest BCUT2D eigenvalue weighted by Gasteiger charge is 2.22. The molecule has 1 aromatic heterocycles. The molecule has 0 unspecified atom stereocenters. The highest BCUT2D eigenvalue weighted by Crippen LogP contribution is 2.24. The minimum absolute atomic E-state index is 0.000325. The van der Waals surface area contributed by atoms with Crippen LogP contribution in [-0.4, -0.2) is 28.6 Å². The third-order valence-electron chi connectivity index (χ3n) is 3.52. The summed E-state index contributed by atoms with van der Waals surface area (Å²) in [5.74, 6) is 0.424. The van der Waals surface area contributed by atoms with E-state index in [1.807, 2.05) is 6.92 Å². The number of carbonyl (C=O) groups is 1. The van der Waals surface area contributed by atoms with Crippen LogP contribution in [0.2, 0.25) is 0 Å². The summed E-state index contributed by atoms with van der Waals surface area (Å²) in [6.07, 6.45) is 6.49. The van der Waals surface area contributed by atoms with Crippen LogP contribution in [0.25, 0.3) is 0 Å². The molecule has 1 amide bonds. The van der Waals surface area contributed by atoms with Crippen LogP contribution >= 0.6 is 11.3 Å². The number of hydrogen-bond donors (Lipinski definition) is 2. The molecule has 18 heavy (non-hydrogen) atoms. The van der Waals surface area contributed by atoms with Crippen LogP contribution in [0.4, 0.5) is 0 Å². The molecule has 0 aliphatic heterocycles. The van der Waals surface area contributed by atoms with E-state index in [1.165, 1.54) is 11.3 Å². The van der Waals surface area contributed by atoms with E-state index in [0.29, 0.717) is 10.8 Å². The van der Waals surface area contributed by atoms with Gasteiger partial charge in [0.15, 0.2) is 0 Å². The Labute approximate surface area is 111 Å². The molecule has 0 radical (unpaired) electrons. The fourth-order valence-corrected chi connectivity index (χ4v) is 3.09. The van der Waals surface area contributed by atoms with E-state index in [1.54, 1.807) is 6.20 Å². The lowest BCUT2D eigenvalue weighted by Crippen LogP contribution is -2.37. The molecular weight excluding hydrogens is 248 g/mol. The maximum absolute atomic E-state index is 12.0. The summed E-state index contributed by atoms with van der Waals surface area (Å²) in [4.78, 5) is 16.9. The van der Waals surface area contributed by atoms with Gasteiger partial charge in [0.1, 0.15) is 4.88 Å². The van der Waals surface area contributed by atoms with Gasteiger partial charge in [0, 0.05) is 12.6 Å². The summed E-state index contributed by atoms with van der Waals surface area (Å²) >= 11 is 1.47. The zero-order valence-electron chi connectivity index (χ0n) is 10.7. The molecule has 2 N–H and O–H groups in total. The van der Waals surface area contributed by atoms with Crippen LogP contribution in [0.3, 0.4) is 0 Å². The number of nitrogens with zero attached hydrogens (tertiary/aromatic N) is 1. The SMILES string of the molecule is CCc1ncc(C(=O)NC2CCC(CO)CC2)s1. The summed E-state index contributed by atoms with van der Waals surface area (Å²) in [5, 5.41) is 13.1. The molecule has 0 saturated heterocycles. The fourth-order valence-electron chi connectivity index (χ4n) is 2.32. The molecule has 0 aromatic carbocycles. The Bertz CT molecular complexity index is 397. The minimum Gasteiger partial charge on any atom is -0.396 e. The standard InChI is InChI=1S/C13H20N2O2S/c1-2-12-14-7-11(18-12)13(17)15-10-5-3-9(8-16)4-6-10/h7,9-10,16H,2-6,8H2,1H3,(H,15,17). The summed E-state index contributed by atoms with van der Waals surface area (Å²) < 4.78 is 0. The van der Waals surface area contributed by atoms with Crippen LogP contribution in [0.5, 0.6) is 0 Å². The Morgan fingerprint density at radius 1 is 1.50 bits per heavy atom. The predicted molar refractivity (Wildman–Crippen MR) is 71.8 cm³/mol. The molecular formula is C13H20N2O2S. The van der Waals surface area contributed by atoms with Crippen molar-refractivity contribution in [1.82, 2.24) is 10.3 Å². The third kappa shape index (κ3) is 3.29. The van der Waals surface area contributed by atoms with Crippen molar-refractivity contribution in [2.45, 2.75) is 45.1 Å². The second-order valence-electron chi connectivity index (χ2n) is 4.85. The maximum Gasteiger partial charge on any atom is 0.263 e. The first kappa shape index (κ1) is 13.5. The highest BCUT2D eigenvalue weighted by atomic mass is 32.1. The number of aromatic nitrogens is 1. The van der Waals surface area contributed by atoms with Gasteiger partial charge in [0.05, 0.1) is 11.2 Å². The van der Waals surface area contributed by atoms with Crippen LogP contribution in [0.15, 0.2) is 6.20 Å². The molecule has 1 saturated carbocycles. The maximum atomic E-state index is 12.0. The molecule has 2 rings (SSSR count). The van der Waals surface area contributed by atoms with Gasteiger partial charge < -0.3 is 10.4 Å². The molecule has 1 aromatic rings. The average molecular weight is 268 g/mol. The normalized spacial score (nSPS) is 23.9. The second-order valence-corrected chi connectivity index (χ2v) is 5.96. The molecule has 4 nitrogen and oxygen atoms in total. The van der Waals surface area contributed by atoms with E-state index in [4.69, 9.17) is 5.11 Å². The molecule has 5 heteroatoms. The van der Waals surface area contributed by atoms with Crippen molar-refractivity contribution in [3.63, 3.8) is 0 Å². The zero-order chi connectivity index (χ0) is 13.0. The zero-order valence-corrected chi connectivity index (χ0v) is 11.5. The molecule has 1 aliphatic rings. The lowest BCUT2D eigenvalue weighted by Gasteiger charge is -2.27. The number of carbonyl (C=O) groups excluding carboxylic acids is 1.